The second-order valence-corrected chi connectivity index (χ2v) is 7.35. The summed E-state index contributed by atoms with van der Waals surface area (Å²) >= 11 is 0. The van der Waals surface area contributed by atoms with Crippen molar-refractivity contribution in [1.82, 2.24) is 29.6 Å². The third kappa shape index (κ3) is 3.94. The topological polar surface area (TPSA) is 104 Å². The van der Waals surface area contributed by atoms with Gasteiger partial charge in [0.15, 0.2) is 0 Å². The van der Waals surface area contributed by atoms with Crippen molar-refractivity contribution in [1.29, 1.82) is 0 Å². The molecule has 3 aromatic heterocycles. The van der Waals surface area contributed by atoms with Gasteiger partial charge in [-0.25, -0.2) is 0 Å². The van der Waals surface area contributed by atoms with Crippen molar-refractivity contribution >= 4 is 34.4 Å². The first-order valence-corrected chi connectivity index (χ1v) is 9.90. The highest BCUT2D eigenvalue weighted by atomic mass is 16.2. The Morgan fingerprint density at radius 2 is 2.31 bits per heavy atom. The molecule has 0 aliphatic carbocycles. The maximum absolute atomic E-state index is 12.1. The molecular weight excluding hydrogens is 368 g/mol. The molecule has 2 atom stereocenters. The van der Waals surface area contributed by atoms with Crippen molar-refractivity contribution in [3.8, 4) is 0 Å². The first-order valence-electron chi connectivity index (χ1n) is 9.90. The molecule has 9 nitrogen and oxygen atoms in total. The van der Waals surface area contributed by atoms with Gasteiger partial charge in [-0.15, -0.1) is 0 Å². The van der Waals surface area contributed by atoms with Crippen LogP contribution in [0.3, 0.4) is 0 Å². The normalized spacial score (nSPS) is 19.3. The molecule has 4 rings (SSSR count). The fourth-order valence-corrected chi connectivity index (χ4v) is 3.60. The summed E-state index contributed by atoms with van der Waals surface area (Å²) in [4.78, 5) is 26.3. The second-order valence-electron chi connectivity index (χ2n) is 7.35. The molecule has 1 aliphatic rings. The fraction of sp³-hybridized carbons (Fsp3) is 0.400. The SMILES string of the molecule is C=CC(=O)N1CC[C@@H](C)[C@@H](Nc2nc(Nc3cnn(CC)c3)nc3[nH]ccc23)C1. The predicted molar refractivity (Wildman–Crippen MR) is 113 cm³/mol. The van der Waals surface area contributed by atoms with Gasteiger partial charge in [-0.2, -0.15) is 15.1 Å². The predicted octanol–water partition coefficient (Wildman–Crippen LogP) is 2.75. The smallest absolute Gasteiger partial charge is 0.246 e. The van der Waals surface area contributed by atoms with Crippen LogP contribution in [-0.2, 0) is 11.3 Å². The van der Waals surface area contributed by atoms with E-state index in [-0.39, 0.29) is 11.9 Å². The summed E-state index contributed by atoms with van der Waals surface area (Å²) in [6, 6.07) is 2.05. The summed E-state index contributed by atoms with van der Waals surface area (Å²) in [5.41, 5.74) is 1.58. The second kappa shape index (κ2) is 7.94. The summed E-state index contributed by atoms with van der Waals surface area (Å²) in [7, 11) is 0. The summed E-state index contributed by atoms with van der Waals surface area (Å²) < 4.78 is 1.84. The molecule has 9 heteroatoms. The van der Waals surface area contributed by atoms with Crippen LogP contribution in [0.5, 0.6) is 0 Å². The van der Waals surface area contributed by atoms with Crippen LogP contribution in [0.15, 0.2) is 37.3 Å². The van der Waals surface area contributed by atoms with E-state index in [1.54, 1.807) is 6.20 Å². The molecule has 4 heterocycles. The van der Waals surface area contributed by atoms with E-state index in [4.69, 9.17) is 4.98 Å². The average Bonchev–Trinajstić information content (AvgIpc) is 3.38. The molecule has 1 fully saturated rings. The van der Waals surface area contributed by atoms with E-state index in [1.165, 1.54) is 6.08 Å². The Kier molecular flexibility index (Phi) is 5.20. The molecule has 1 saturated heterocycles. The summed E-state index contributed by atoms with van der Waals surface area (Å²) in [6.07, 6.45) is 7.82. The van der Waals surface area contributed by atoms with E-state index < -0.39 is 0 Å². The number of aromatic amines is 1. The lowest BCUT2D eigenvalue weighted by molar-refractivity contribution is -0.127. The van der Waals surface area contributed by atoms with Crippen LogP contribution < -0.4 is 10.6 Å². The Bertz CT molecular complexity index is 1020. The lowest BCUT2D eigenvalue weighted by Gasteiger charge is -2.37. The Morgan fingerprint density at radius 1 is 1.45 bits per heavy atom. The Morgan fingerprint density at radius 3 is 3.07 bits per heavy atom. The molecule has 29 heavy (non-hydrogen) atoms. The number of carbonyl (C=O) groups excluding carboxylic acids is 1. The molecule has 0 saturated carbocycles. The number of nitrogens with one attached hydrogen (secondary N) is 3. The van der Waals surface area contributed by atoms with E-state index in [0.29, 0.717) is 18.4 Å². The molecule has 152 valence electrons. The standard InChI is InChI=1S/C20H26N8O/c1-4-17(29)27-9-7-13(3)16(12-27)24-19-15-6-8-21-18(15)25-20(26-19)23-14-10-22-28(5-2)11-14/h4,6,8,10-11,13,16H,1,5,7,9,12H2,2-3H3,(H3,21,23,24,25,26)/t13-,16+/m1/s1. The zero-order valence-electron chi connectivity index (χ0n) is 16.7. The summed E-state index contributed by atoms with van der Waals surface area (Å²) in [5, 5.41) is 12.0. The molecule has 0 aromatic carbocycles. The number of aryl methyl sites for hydroxylation is 1. The maximum atomic E-state index is 12.1. The third-order valence-corrected chi connectivity index (χ3v) is 5.40. The zero-order valence-corrected chi connectivity index (χ0v) is 16.7. The van der Waals surface area contributed by atoms with Crippen molar-refractivity contribution in [3.63, 3.8) is 0 Å². The maximum Gasteiger partial charge on any atom is 0.246 e. The monoisotopic (exact) mass is 394 g/mol. The first-order chi connectivity index (χ1) is 14.1. The van der Waals surface area contributed by atoms with E-state index in [9.17, 15) is 4.79 Å². The van der Waals surface area contributed by atoms with Crippen LogP contribution in [-0.4, -0.2) is 54.7 Å². The molecule has 0 unspecified atom stereocenters. The van der Waals surface area contributed by atoms with Crippen molar-refractivity contribution < 1.29 is 4.79 Å². The van der Waals surface area contributed by atoms with E-state index in [0.717, 1.165) is 42.0 Å². The zero-order chi connectivity index (χ0) is 20.4. The molecule has 3 aromatic rings. The van der Waals surface area contributed by atoms with Gasteiger partial charge in [-0.05, 0) is 31.4 Å². The number of aromatic nitrogens is 5. The quantitative estimate of drug-likeness (QED) is 0.556. The van der Waals surface area contributed by atoms with Gasteiger partial charge >= 0.3 is 0 Å². The number of fused-ring (bicyclic) bond motifs is 1. The number of piperidine rings is 1. The molecule has 1 aliphatic heterocycles. The highest BCUT2D eigenvalue weighted by molar-refractivity contribution is 5.89. The summed E-state index contributed by atoms with van der Waals surface area (Å²) in [6.45, 7) is 10.0. The van der Waals surface area contributed by atoms with Gasteiger partial charge in [0.1, 0.15) is 11.5 Å². The molecule has 0 radical (unpaired) electrons. The highest BCUT2D eigenvalue weighted by Gasteiger charge is 2.28. The minimum Gasteiger partial charge on any atom is -0.365 e. The third-order valence-electron chi connectivity index (χ3n) is 5.40. The fourth-order valence-electron chi connectivity index (χ4n) is 3.60. The Labute approximate surface area is 169 Å². The van der Waals surface area contributed by atoms with Gasteiger partial charge in [0, 0.05) is 38.1 Å². The van der Waals surface area contributed by atoms with Crippen LogP contribution >= 0.6 is 0 Å². The highest BCUT2D eigenvalue weighted by Crippen LogP contribution is 2.27. The van der Waals surface area contributed by atoms with Gasteiger partial charge in [0.25, 0.3) is 0 Å². The van der Waals surface area contributed by atoms with Crippen LogP contribution in [0.1, 0.15) is 20.3 Å². The van der Waals surface area contributed by atoms with Crippen LogP contribution in [0.25, 0.3) is 11.0 Å². The van der Waals surface area contributed by atoms with Crippen molar-refractivity contribution in [3.05, 3.63) is 37.3 Å². The first kappa shape index (κ1) is 19.0. The molecule has 3 N–H and O–H groups in total. The van der Waals surface area contributed by atoms with E-state index >= 15 is 0 Å². The van der Waals surface area contributed by atoms with Crippen LogP contribution in [0.2, 0.25) is 0 Å². The molecule has 0 spiro atoms. The molecule has 0 bridgehead atoms. The number of carbonyl (C=O) groups is 1. The van der Waals surface area contributed by atoms with Crippen LogP contribution in [0, 0.1) is 5.92 Å². The lowest BCUT2D eigenvalue weighted by Crippen LogP contribution is -2.48. The largest absolute Gasteiger partial charge is 0.365 e. The van der Waals surface area contributed by atoms with Crippen molar-refractivity contribution in [2.45, 2.75) is 32.9 Å². The van der Waals surface area contributed by atoms with Crippen LogP contribution in [0.4, 0.5) is 17.5 Å². The van der Waals surface area contributed by atoms with Gasteiger partial charge in [-0.1, -0.05) is 13.5 Å². The lowest BCUT2D eigenvalue weighted by atomic mass is 9.93. The number of hydrogen-bond acceptors (Lipinski definition) is 6. The minimum atomic E-state index is -0.0338. The number of rotatable bonds is 6. The van der Waals surface area contributed by atoms with Gasteiger partial charge < -0.3 is 20.5 Å². The Balaban J connectivity index is 1.59. The average molecular weight is 394 g/mol. The Hall–Kier alpha value is -3.36. The number of likely N-dealkylation sites (tertiary alicyclic amines) is 1. The number of hydrogen-bond donors (Lipinski definition) is 3. The number of nitrogens with zero attached hydrogens (tertiary/aromatic N) is 5. The molecular formula is C20H26N8O. The van der Waals surface area contributed by atoms with Gasteiger partial charge in [0.2, 0.25) is 11.9 Å². The number of anilines is 3. The van der Waals surface area contributed by atoms with Crippen molar-refractivity contribution in [2.24, 2.45) is 5.92 Å². The van der Waals surface area contributed by atoms with E-state index in [2.05, 4.69) is 39.2 Å². The minimum absolute atomic E-state index is 0.0338. The van der Waals surface area contributed by atoms with Crippen molar-refractivity contribution in [2.75, 3.05) is 23.7 Å². The van der Waals surface area contributed by atoms with Gasteiger partial charge in [-0.3, -0.25) is 9.48 Å². The summed E-state index contributed by atoms with van der Waals surface area (Å²) in [5.74, 6) is 1.60. The van der Waals surface area contributed by atoms with E-state index in [1.807, 2.05) is 35.0 Å². The number of amides is 1. The van der Waals surface area contributed by atoms with Gasteiger partial charge in [0.05, 0.1) is 17.3 Å². The molecule has 1 amide bonds. The number of H-pyrrole nitrogens is 1.